The van der Waals surface area contributed by atoms with Gasteiger partial charge < -0.3 is 5.32 Å². The molecule has 0 aromatic heterocycles. The minimum Gasteiger partial charge on any atom is -0.321 e. The van der Waals surface area contributed by atoms with Crippen LogP contribution in [0, 0.1) is 5.82 Å². The lowest BCUT2D eigenvalue weighted by molar-refractivity contribution is -0.115. The fraction of sp³-hybridized carbons (Fsp3) is 0.300. The standard InChI is InChI=1S/C10H10BrClFNO/c1-2-6(11)10(15)14-9-7(12)4-3-5-8(9)13/h3-6H,2H2,1H3,(H,14,15). The van der Waals surface area contributed by atoms with Crippen LogP contribution < -0.4 is 5.32 Å². The Labute approximate surface area is 101 Å². The Kier molecular flexibility index (Phi) is 4.54. The highest BCUT2D eigenvalue weighted by molar-refractivity contribution is 9.10. The van der Waals surface area contributed by atoms with Crippen molar-refractivity contribution in [2.24, 2.45) is 0 Å². The van der Waals surface area contributed by atoms with E-state index in [1.807, 2.05) is 6.92 Å². The van der Waals surface area contributed by atoms with Gasteiger partial charge in [-0.05, 0) is 18.6 Å². The molecular formula is C10H10BrClFNO. The van der Waals surface area contributed by atoms with E-state index < -0.39 is 5.82 Å². The summed E-state index contributed by atoms with van der Waals surface area (Å²) in [6.07, 6.45) is 0.623. The van der Waals surface area contributed by atoms with Crippen LogP contribution >= 0.6 is 27.5 Å². The molecular weight excluding hydrogens is 284 g/mol. The molecule has 1 amide bonds. The Balaban J connectivity index is 2.85. The van der Waals surface area contributed by atoms with Crippen LogP contribution in [0.3, 0.4) is 0 Å². The number of benzene rings is 1. The number of nitrogens with one attached hydrogen (secondary N) is 1. The number of alkyl halides is 1. The first-order valence-corrected chi connectivity index (χ1v) is 5.74. The molecule has 1 rings (SSSR count). The van der Waals surface area contributed by atoms with Crippen molar-refractivity contribution in [2.75, 3.05) is 5.32 Å². The number of carbonyl (C=O) groups excluding carboxylic acids is 1. The molecule has 1 aromatic carbocycles. The molecule has 1 unspecified atom stereocenters. The number of para-hydroxylation sites is 1. The van der Waals surface area contributed by atoms with Gasteiger partial charge in [-0.15, -0.1) is 0 Å². The van der Waals surface area contributed by atoms with Gasteiger partial charge in [0.2, 0.25) is 5.91 Å². The Bertz CT molecular complexity index is 352. The first kappa shape index (κ1) is 12.5. The lowest BCUT2D eigenvalue weighted by Crippen LogP contribution is -2.22. The second-order valence-electron chi connectivity index (χ2n) is 2.96. The quantitative estimate of drug-likeness (QED) is 0.848. The molecule has 5 heteroatoms. The van der Waals surface area contributed by atoms with Crippen LogP contribution in [0.2, 0.25) is 5.02 Å². The number of amides is 1. The summed E-state index contributed by atoms with van der Waals surface area (Å²) in [5, 5.41) is 2.63. The second kappa shape index (κ2) is 5.47. The van der Waals surface area contributed by atoms with E-state index >= 15 is 0 Å². The zero-order chi connectivity index (χ0) is 11.4. The van der Waals surface area contributed by atoms with E-state index in [0.717, 1.165) is 0 Å². The number of hydrogen-bond donors (Lipinski definition) is 1. The molecule has 0 aliphatic rings. The SMILES string of the molecule is CCC(Br)C(=O)Nc1c(F)cccc1Cl. The van der Waals surface area contributed by atoms with Gasteiger partial charge in [0, 0.05) is 0 Å². The average molecular weight is 295 g/mol. The van der Waals surface area contributed by atoms with E-state index in [0.29, 0.717) is 6.42 Å². The molecule has 0 saturated heterocycles. The predicted molar refractivity (Wildman–Crippen MR) is 63.0 cm³/mol. The molecule has 0 bridgehead atoms. The first-order valence-electron chi connectivity index (χ1n) is 4.45. The number of carbonyl (C=O) groups is 1. The summed E-state index contributed by atoms with van der Waals surface area (Å²) >= 11 is 8.92. The lowest BCUT2D eigenvalue weighted by Gasteiger charge is -2.10. The molecule has 0 saturated carbocycles. The maximum atomic E-state index is 13.3. The van der Waals surface area contributed by atoms with Crippen molar-refractivity contribution in [1.29, 1.82) is 0 Å². The van der Waals surface area contributed by atoms with E-state index in [1.165, 1.54) is 18.2 Å². The van der Waals surface area contributed by atoms with E-state index in [9.17, 15) is 9.18 Å². The molecule has 0 radical (unpaired) electrons. The summed E-state index contributed by atoms with van der Waals surface area (Å²) in [6, 6.07) is 4.25. The van der Waals surface area contributed by atoms with Gasteiger partial charge >= 0.3 is 0 Å². The smallest absolute Gasteiger partial charge is 0.238 e. The fourth-order valence-electron chi connectivity index (χ4n) is 1.00. The minimum absolute atomic E-state index is 0.0297. The fourth-order valence-corrected chi connectivity index (χ4v) is 1.33. The maximum absolute atomic E-state index is 13.3. The van der Waals surface area contributed by atoms with Crippen molar-refractivity contribution < 1.29 is 9.18 Å². The van der Waals surface area contributed by atoms with Crippen LogP contribution in [0.1, 0.15) is 13.3 Å². The molecule has 1 atom stereocenters. The van der Waals surface area contributed by atoms with Crippen LogP contribution in [-0.4, -0.2) is 10.7 Å². The molecule has 82 valence electrons. The van der Waals surface area contributed by atoms with Crippen molar-refractivity contribution in [2.45, 2.75) is 18.2 Å². The third-order valence-electron chi connectivity index (χ3n) is 1.85. The monoisotopic (exact) mass is 293 g/mol. The summed E-state index contributed by atoms with van der Waals surface area (Å²) in [6.45, 7) is 1.85. The van der Waals surface area contributed by atoms with Gasteiger partial charge in [0.1, 0.15) is 5.82 Å². The summed E-state index contributed by atoms with van der Waals surface area (Å²) in [5.41, 5.74) is 0.0297. The average Bonchev–Trinajstić information content (AvgIpc) is 2.22. The zero-order valence-electron chi connectivity index (χ0n) is 8.06. The highest BCUT2D eigenvalue weighted by atomic mass is 79.9. The molecule has 15 heavy (non-hydrogen) atoms. The highest BCUT2D eigenvalue weighted by Gasteiger charge is 2.15. The number of hydrogen-bond acceptors (Lipinski definition) is 1. The summed E-state index contributed by atoms with van der Waals surface area (Å²) in [4.78, 5) is 11.1. The zero-order valence-corrected chi connectivity index (χ0v) is 10.4. The Morgan fingerprint density at radius 2 is 2.33 bits per heavy atom. The van der Waals surface area contributed by atoms with Crippen LogP contribution in [0.5, 0.6) is 0 Å². The van der Waals surface area contributed by atoms with Gasteiger partial charge in [-0.2, -0.15) is 0 Å². The molecule has 1 aromatic rings. The Morgan fingerprint density at radius 1 is 1.67 bits per heavy atom. The van der Waals surface area contributed by atoms with E-state index in [2.05, 4.69) is 21.2 Å². The molecule has 0 fully saturated rings. The van der Waals surface area contributed by atoms with Gasteiger partial charge in [-0.1, -0.05) is 40.5 Å². The van der Waals surface area contributed by atoms with Crippen molar-refractivity contribution in [3.63, 3.8) is 0 Å². The summed E-state index contributed by atoms with van der Waals surface area (Å²) in [5.74, 6) is -0.837. The summed E-state index contributed by atoms with van der Waals surface area (Å²) in [7, 11) is 0. The normalized spacial score (nSPS) is 12.3. The van der Waals surface area contributed by atoms with Gasteiger partial charge in [-0.25, -0.2) is 4.39 Å². The van der Waals surface area contributed by atoms with E-state index in [-0.39, 0.29) is 21.4 Å². The van der Waals surface area contributed by atoms with Crippen molar-refractivity contribution in [1.82, 2.24) is 0 Å². The van der Waals surface area contributed by atoms with Crippen LogP contribution in [-0.2, 0) is 4.79 Å². The first-order chi connectivity index (χ1) is 7.06. The molecule has 0 aliphatic carbocycles. The van der Waals surface area contributed by atoms with E-state index in [4.69, 9.17) is 11.6 Å². The summed E-state index contributed by atoms with van der Waals surface area (Å²) < 4.78 is 13.3. The molecule has 1 N–H and O–H groups in total. The van der Waals surface area contributed by atoms with Gasteiger partial charge in [-0.3, -0.25) is 4.79 Å². The van der Waals surface area contributed by atoms with Crippen molar-refractivity contribution in [3.05, 3.63) is 29.0 Å². The largest absolute Gasteiger partial charge is 0.321 e. The minimum atomic E-state index is -0.536. The van der Waals surface area contributed by atoms with Crippen molar-refractivity contribution in [3.8, 4) is 0 Å². The Hall–Kier alpha value is -0.610. The van der Waals surface area contributed by atoms with Crippen LogP contribution in [0.15, 0.2) is 18.2 Å². The van der Waals surface area contributed by atoms with Crippen LogP contribution in [0.25, 0.3) is 0 Å². The maximum Gasteiger partial charge on any atom is 0.238 e. The van der Waals surface area contributed by atoms with Crippen LogP contribution in [0.4, 0.5) is 10.1 Å². The lowest BCUT2D eigenvalue weighted by atomic mass is 10.2. The number of anilines is 1. The third-order valence-corrected chi connectivity index (χ3v) is 3.23. The third kappa shape index (κ3) is 3.18. The number of halogens is 3. The second-order valence-corrected chi connectivity index (χ2v) is 4.47. The van der Waals surface area contributed by atoms with Gasteiger partial charge in [0.15, 0.2) is 0 Å². The molecule has 0 aliphatic heterocycles. The molecule has 0 heterocycles. The number of rotatable bonds is 3. The van der Waals surface area contributed by atoms with Crippen molar-refractivity contribution >= 4 is 39.1 Å². The molecule has 2 nitrogen and oxygen atoms in total. The Morgan fingerprint density at radius 3 is 2.87 bits per heavy atom. The molecule has 0 spiro atoms. The highest BCUT2D eigenvalue weighted by Crippen LogP contribution is 2.25. The topological polar surface area (TPSA) is 29.1 Å². The van der Waals surface area contributed by atoms with Gasteiger partial charge in [0.05, 0.1) is 15.5 Å². The van der Waals surface area contributed by atoms with Gasteiger partial charge in [0.25, 0.3) is 0 Å². The predicted octanol–water partition coefficient (Wildman–Crippen LogP) is 3.59. The van der Waals surface area contributed by atoms with E-state index in [1.54, 1.807) is 0 Å².